The van der Waals surface area contributed by atoms with Crippen LogP contribution in [-0.2, 0) is 0 Å². The predicted molar refractivity (Wildman–Crippen MR) is 92.9 cm³/mol. The van der Waals surface area contributed by atoms with E-state index in [1.54, 1.807) is 0 Å². The fourth-order valence-corrected chi connectivity index (χ4v) is 2.68. The Morgan fingerprint density at radius 2 is 1.95 bits per heavy atom. The first-order valence-electron chi connectivity index (χ1n) is 8.49. The van der Waals surface area contributed by atoms with Gasteiger partial charge in [-0.15, -0.1) is 0 Å². The minimum Gasteiger partial charge on any atom is -0.358 e. The molecule has 3 nitrogen and oxygen atoms in total. The van der Waals surface area contributed by atoms with Crippen molar-refractivity contribution in [3.05, 3.63) is 35.7 Å². The van der Waals surface area contributed by atoms with Gasteiger partial charge in [0.1, 0.15) is 0 Å². The van der Waals surface area contributed by atoms with Crippen molar-refractivity contribution in [1.29, 1.82) is 0 Å². The topological polar surface area (TPSA) is 50.1 Å². The maximum atomic E-state index is 6.20. The summed E-state index contributed by atoms with van der Waals surface area (Å²) in [7, 11) is 0. The van der Waals surface area contributed by atoms with E-state index < -0.39 is 0 Å². The van der Waals surface area contributed by atoms with E-state index in [1.165, 1.54) is 30.7 Å². The van der Waals surface area contributed by atoms with Crippen LogP contribution in [0.5, 0.6) is 0 Å². The molecule has 4 N–H and O–H groups in total. The molecule has 0 heterocycles. The molecule has 0 unspecified atom stereocenters. The molecule has 2 atom stereocenters. The van der Waals surface area contributed by atoms with Crippen LogP contribution in [-0.4, -0.2) is 18.6 Å². The standard InChI is InChI=1S/C18H33N3/c1-4-7-11-16(10-5-2)21-15(6-3)14-20-18-13-9-8-12-17(18)19/h6-7,10-11,17-18,20-21H,4-5,8-9,12-14,19H2,1-3H3/b11-7-,15-6-,16-10+/t17-,18-/m1/s1. The number of hydrogen-bond acceptors (Lipinski definition) is 3. The number of nitrogens with one attached hydrogen (secondary N) is 2. The molecular formula is C18H33N3. The maximum Gasteiger partial charge on any atom is 0.0357 e. The second-order valence-corrected chi connectivity index (χ2v) is 5.75. The van der Waals surface area contributed by atoms with Crippen molar-refractivity contribution in [2.45, 2.75) is 71.4 Å². The summed E-state index contributed by atoms with van der Waals surface area (Å²) in [5.74, 6) is 0. The summed E-state index contributed by atoms with van der Waals surface area (Å²) in [4.78, 5) is 0. The monoisotopic (exact) mass is 291 g/mol. The minimum atomic E-state index is 0.308. The zero-order valence-corrected chi connectivity index (χ0v) is 14.0. The van der Waals surface area contributed by atoms with Crippen molar-refractivity contribution in [3.63, 3.8) is 0 Å². The fraction of sp³-hybridized carbons (Fsp3) is 0.667. The molecule has 0 aliphatic heterocycles. The molecule has 1 aliphatic rings. The molecule has 21 heavy (non-hydrogen) atoms. The summed E-state index contributed by atoms with van der Waals surface area (Å²) < 4.78 is 0. The van der Waals surface area contributed by atoms with E-state index >= 15 is 0 Å². The second kappa shape index (κ2) is 10.6. The SMILES string of the molecule is C/C=C(/CN[C@@H]1CCCC[C@H]1N)NC(/C=C\CC)=C/CC. The smallest absolute Gasteiger partial charge is 0.0357 e. The molecule has 0 saturated heterocycles. The molecule has 0 aromatic rings. The van der Waals surface area contributed by atoms with Crippen LogP contribution in [0.15, 0.2) is 35.7 Å². The highest BCUT2D eigenvalue weighted by Gasteiger charge is 2.21. The van der Waals surface area contributed by atoms with Gasteiger partial charge >= 0.3 is 0 Å². The van der Waals surface area contributed by atoms with Crippen molar-refractivity contribution in [1.82, 2.24) is 10.6 Å². The van der Waals surface area contributed by atoms with Crippen molar-refractivity contribution in [2.75, 3.05) is 6.54 Å². The van der Waals surface area contributed by atoms with E-state index in [1.807, 2.05) is 0 Å². The van der Waals surface area contributed by atoms with Crippen LogP contribution in [0, 0.1) is 0 Å². The average molecular weight is 291 g/mol. The van der Waals surface area contributed by atoms with Gasteiger partial charge in [0, 0.05) is 30.0 Å². The van der Waals surface area contributed by atoms with Gasteiger partial charge in [-0.05, 0) is 38.7 Å². The molecule has 0 aromatic carbocycles. The van der Waals surface area contributed by atoms with Gasteiger partial charge in [0.2, 0.25) is 0 Å². The highest BCUT2D eigenvalue weighted by Crippen LogP contribution is 2.16. The second-order valence-electron chi connectivity index (χ2n) is 5.75. The summed E-state index contributed by atoms with van der Waals surface area (Å²) >= 11 is 0. The summed E-state index contributed by atoms with van der Waals surface area (Å²) in [6.45, 7) is 7.26. The summed E-state index contributed by atoms with van der Waals surface area (Å²) in [5, 5.41) is 7.14. The third-order valence-corrected chi connectivity index (χ3v) is 3.98. The van der Waals surface area contributed by atoms with Crippen molar-refractivity contribution >= 4 is 0 Å². The van der Waals surface area contributed by atoms with Crippen LogP contribution >= 0.6 is 0 Å². The maximum absolute atomic E-state index is 6.20. The van der Waals surface area contributed by atoms with Crippen LogP contribution < -0.4 is 16.4 Å². The molecule has 0 bridgehead atoms. The largest absolute Gasteiger partial charge is 0.358 e. The van der Waals surface area contributed by atoms with Crippen LogP contribution in [0.25, 0.3) is 0 Å². The fourth-order valence-electron chi connectivity index (χ4n) is 2.68. The number of nitrogens with two attached hydrogens (primary N) is 1. The molecule has 0 spiro atoms. The van der Waals surface area contributed by atoms with Gasteiger partial charge in [0.25, 0.3) is 0 Å². The molecule has 1 aliphatic carbocycles. The Morgan fingerprint density at radius 1 is 1.19 bits per heavy atom. The first-order valence-corrected chi connectivity index (χ1v) is 8.49. The molecule has 0 amide bonds. The number of allylic oxidation sites excluding steroid dienone is 4. The predicted octanol–water partition coefficient (Wildman–Crippen LogP) is 3.60. The van der Waals surface area contributed by atoms with E-state index in [-0.39, 0.29) is 0 Å². The molecule has 3 heteroatoms. The third kappa shape index (κ3) is 6.96. The Morgan fingerprint density at radius 3 is 2.57 bits per heavy atom. The van der Waals surface area contributed by atoms with Gasteiger partial charge in [0.15, 0.2) is 0 Å². The third-order valence-electron chi connectivity index (χ3n) is 3.98. The van der Waals surface area contributed by atoms with Gasteiger partial charge < -0.3 is 16.4 Å². The van der Waals surface area contributed by atoms with Gasteiger partial charge in [0.05, 0.1) is 0 Å². The molecule has 120 valence electrons. The Hall–Kier alpha value is -1.06. The lowest BCUT2D eigenvalue weighted by atomic mass is 9.91. The summed E-state index contributed by atoms with van der Waals surface area (Å²) in [6.07, 6.45) is 15.7. The number of rotatable bonds is 8. The minimum absolute atomic E-state index is 0.308. The Bertz CT molecular complexity index is 369. The normalized spacial score (nSPS) is 24.6. The van der Waals surface area contributed by atoms with Crippen LogP contribution in [0.2, 0.25) is 0 Å². The zero-order valence-electron chi connectivity index (χ0n) is 14.0. The van der Waals surface area contributed by atoms with Gasteiger partial charge in [-0.2, -0.15) is 0 Å². The van der Waals surface area contributed by atoms with Crippen LogP contribution in [0.4, 0.5) is 0 Å². The van der Waals surface area contributed by atoms with Gasteiger partial charge in [-0.1, -0.05) is 44.9 Å². The molecule has 0 aromatic heterocycles. The summed E-state index contributed by atoms with van der Waals surface area (Å²) in [6, 6.07) is 0.766. The van der Waals surface area contributed by atoms with Crippen molar-refractivity contribution in [3.8, 4) is 0 Å². The molecule has 1 fully saturated rings. The lowest BCUT2D eigenvalue weighted by molar-refractivity contribution is 0.334. The Labute approximate surface area is 130 Å². The van der Waals surface area contributed by atoms with Crippen molar-refractivity contribution in [2.24, 2.45) is 5.73 Å². The first kappa shape index (κ1) is 18.0. The summed E-state index contributed by atoms with van der Waals surface area (Å²) in [5.41, 5.74) is 8.59. The number of hydrogen-bond donors (Lipinski definition) is 3. The Balaban J connectivity index is 2.50. The molecular weight excluding hydrogens is 258 g/mol. The molecule has 0 radical (unpaired) electrons. The average Bonchev–Trinajstić information content (AvgIpc) is 2.50. The molecule has 1 saturated carbocycles. The first-order chi connectivity index (χ1) is 10.2. The van der Waals surface area contributed by atoms with Crippen molar-refractivity contribution < 1.29 is 0 Å². The zero-order chi connectivity index (χ0) is 15.5. The van der Waals surface area contributed by atoms with E-state index in [2.05, 4.69) is 55.7 Å². The lowest BCUT2D eigenvalue weighted by Gasteiger charge is -2.30. The highest BCUT2D eigenvalue weighted by atomic mass is 15.0. The van der Waals surface area contributed by atoms with E-state index in [0.717, 1.165) is 25.8 Å². The lowest BCUT2D eigenvalue weighted by Crippen LogP contribution is -2.48. The highest BCUT2D eigenvalue weighted by molar-refractivity contribution is 5.22. The van der Waals surface area contributed by atoms with E-state index in [0.29, 0.717) is 12.1 Å². The quantitative estimate of drug-likeness (QED) is 0.599. The van der Waals surface area contributed by atoms with E-state index in [9.17, 15) is 0 Å². The van der Waals surface area contributed by atoms with Crippen LogP contribution in [0.3, 0.4) is 0 Å². The Kier molecular flexibility index (Phi) is 9.11. The van der Waals surface area contributed by atoms with Gasteiger partial charge in [-0.25, -0.2) is 0 Å². The molecule has 1 rings (SSSR count). The van der Waals surface area contributed by atoms with E-state index in [4.69, 9.17) is 5.73 Å². The van der Waals surface area contributed by atoms with Gasteiger partial charge in [-0.3, -0.25) is 0 Å². The van der Waals surface area contributed by atoms with Crippen LogP contribution in [0.1, 0.15) is 59.3 Å².